The molecule has 1 aliphatic heterocycles. The molecule has 1 aliphatic rings. The van der Waals surface area contributed by atoms with E-state index in [0.29, 0.717) is 6.42 Å². The van der Waals surface area contributed by atoms with Gasteiger partial charge in [-0.25, -0.2) is 9.97 Å². The molecule has 7 nitrogen and oxygen atoms in total. The molecule has 0 spiro atoms. The summed E-state index contributed by atoms with van der Waals surface area (Å²) < 4.78 is 7.50. The minimum atomic E-state index is -0.683. The number of imidazole rings is 1. The molecule has 2 unspecified atom stereocenters. The quantitative estimate of drug-likeness (QED) is 0.537. The van der Waals surface area contributed by atoms with E-state index < -0.39 is 12.2 Å². The van der Waals surface area contributed by atoms with Gasteiger partial charge >= 0.3 is 5.97 Å². The van der Waals surface area contributed by atoms with E-state index in [1.807, 2.05) is 37.5 Å². The topological polar surface area (TPSA) is 89.3 Å². The Morgan fingerprint density at radius 2 is 2.06 bits per heavy atom. The summed E-state index contributed by atoms with van der Waals surface area (Å²) in [6.07, 6.45) is 4.79. The summed E-state index contributed by atoms with van der Waals surface area (Å²) in [4.78, 5) is 21.2. The van der Waals surface area contributed by atoms with E-state index in [4.69, 9.17) is 9.72 Å². The van der Waals surface area contributed by atoms with E-state index in [2.05, 4.69) is 53.8 Å². The average molecular weight is 447 g/mol. The van der Waals surface area contributed by atoms with Crippen molar-refractivity contribution in [3.63, 3.8) is 0 Å². The lowest BCUT2D eigenvalue weighted by molar-refractivity contribution is -0.156. The Morgan fingerprint density at radius 3 is 2.76 bits per heavy atom. The number of ether oxygens (including phenoxy) is 1. The fourth-order valence-electron chi connectivity index (χ4n) is 4.10. The molecule has 33 heavy (non-hydrogen) atoms. The SMILES string of the molecule is CNc1cc(-c2nc(C(C)C)n(C=CC3CC(O)CC(=O)O3)c2-c2cccc(C)c2)ccn1. The van der Waals surface area contributed by atoms with Gasteiger partial charge in [0.2, 0.25) is 0 Å². The van der Waals surface area contributed by atoms with Crippen molar-refractivity contribution >= 4 is 18.0 Å². The molecule has 4 rings (SSSR count). The number of nitrogens with zero attached hydrogens (tertiary/aromatic N) is 3. The Hall–Kier alpha value is -3.45. The maximum Gasteiger partial charge on any atom is 0.309 e. The van der Waals surface area contributed by atoms with Gasteiger partial charge < -0.3 is 19.7 Å². The molecule has 1 saturated heterocycles. The van der Waals surface area contributed by atoms with Crippen LogP contribution in [0, 0.1) is 6.92 Å². The number of hydrogen-bond acceptors (Lipinski definition) is 6. The first-order valence-corrected chi connectivity index (χ1v) is 11.2. The van der Waals surface area contributed by atoms with Crippen molar-refractivity contribution in [1.82, 2.24) is 14.5 Å². The van der Waals surface area contributed by atoms with Crippen molar-refractivity contribution < 1.29 is 14.6 Å². The van der Waals surface area contributed by atoms with Crippen LogP contribution < -0.4 is 5.32 Å². The van der Waals surface area contributed by atoms with Crippen molar-refractivity contribution in [2.45, 2.75) is 51.7 Å². The molecule has 3 heterocycles. The van der Waals surface area contributed by atoms with Gasteiger partial charge in [0, 0.05) is 42.9 Å². The molecule has 0 aliphatic carbocycles. The Kier molecular flexibility index (Phi) is 6.60. The number of cyclic esters (lactones) is 1. The average Bonchev–Trinajstić information content (AvgIpc) is 3.17. The van der Waals surface area contributed by atoms with Gasteiger partial charge in [-0.05, 0) is 31.2 Å². The van der Waals surface area contributed by atoms with E-state index >= 15 is 0 Å². The minimum absolute atomic E-state index is 0.0428. The Balaban J connectivity index is 1.89. The number of benzene rings is 1. The third kappa shape index (κ3) is 4.98. The van der Waals surface area contributed by atoms with Crippen LogP contribution in [0.15, 0.2) is 48.7 Å². The molecule has 2 atom stereocenters. The number of hydrogen-bond donors (Lipinski definition) is 2. The number of esters is 1. The van der Waals surface area contributed by atoms with Gasteiger partial charge in [-0.2, -0.15) is 0 Å². The van der Waals surface area contributed by atoms with Crippen LogP contribution in [0.2, 0.25) is 0 Å². The van der Waals surface area contributed by atoms with Gasteiger partial charge in [0.05, 0.1) is 23.9 Å². The van der Waals surface area contributed by atoms with Gasteiger partial charge in [-0.1, -0.05) is 37.6 Å². The molecule has 1 aromatic carbocycles. The molecular formula is C26H30N4O3. The predicted molar refractivity (Wildman–Crippen MR) is 130 cm³/mol. The summed E-state index contributed by atoms with van der Waals surface area (Å²) in [7, 11) is 1.84. The number of anilines is 1. The lowest BCUT2D eigenvalue weighted by Gasteiger charge is -2.23. The Morgan fingerprint density at radius 1 is 1.24 bits per heavy atom. The molecular weight excluding hydrogens is 416 g/mol. The van der Waals surface area contributed by atoms with E-state index in [1.165, 1.54) is 0 Å². The van der Waals surface area contributed by atoms with E-state index in [0.717, 1.165) is 39.7 Å². The van der Waals surface area contributed by atoms with Crippen LogP contribution in [0.5, 0.6) is 0 Å². The van der Waals surface area contributed by atoms with Crippen molar-refractivity contribution in [3.8, 4) is 22.5 Å². The van der Waals surface area contributed by atoms with E-state index in [1.54, 1.807) is 6.20 Å². The molecule has 2 aromatic heterocycles. The van der Waals surface area contributed by atoms with Gasteiger partial charge in [-0.3, -0.25) is 4.79 Å². The van der Waals surface area contributed by atoms with Crippen LogP contribution in [-0.2, 0) is 9.53 Å². The van der Waals surface area contributed by atoms with E-state index in [-0.39, 0.29) is 18.3 Å². The third-order valence-electron chi connectivity index (χ3n) is 5.68. The highest BCUT2D eigenvalue weighted by molar-refractivity contribution is 5.82. The fourth-order valence-corrected chi connectivity index (χ4v) is 4.10. The number of aliphatic hydroxyl groups is 1. The number of nitrogens with one attached hydrogen (secondary N) is 1. The summed E-state index contributed by atoms with van der Waals surface area (Å²) in [5.74, 6) is 1.43. The van der Waals surface area contributed by atoms with Crippen LogP contribution in [0.1, 0.15) is 44.0 Å². The van der Waals surface area contributed by atoms with Crippen LogP contribution in [0.3, 0.4) is 0 Å². The normalized spacial score (nSPS) is 18.7. The molecule has 0 amide bonds. The fraction of sp³-hybridized carbons (Fsp3) is 0.346. The zero-order valence-corrected chi connectivity index (χ0v) is 19.4. The molecule has 3 aromatic rings. The molecule has 7 heteroatoms. The summed E-state index contributed by atoms with van der Waals surface area (Å²) in [5.41, 5.74) is 4.95. The number of aromatic nitrogens is 3. The van der Waals surface area contributed by atoms with Crippen LogP contribution in [-0.4, -0.2) is 44.9 Å². The van der Waals surface area contributed by atoms with Crippen LogP contribution >= 0.6 is 0 Å². The van der Waals surface area contributed by atoms with Gasteiger partial charge in [0.15, 0.2) is 0 Å². The lowest BCUT2D eigenvalue weighted by Crippen LogP contribution is -2.31. The molecule has 172 valence electrons. The number of rotatable bonds is 6. The Bertz CT molecular complexity index is 1180. The second-order valence-electron chi connectivity index (χ2n) is 8.70. The predicted octanol–water partition coefficient (Wildman–Crippen LogP) is 4.62. The third-order valence-corrected chi connectivity index (χ3v) is 5.68. The summed E-state index contributed by atoms with van der Waals surface area (Å²) >= 11 is 0. The zero-order chi connectivity index (χ0) is 23.5. The van der Waals surface area contributed by atoms with Crippen molar-refractivity contribution in [2.75, 3.05) is 12.4 Å². The first kappa shape index (κ1) is 22.7. The van der Waals surface area contributed by atoms with Crippen molar-refractivity contribution in [3.05, 3.63) is 60.1 Å². The highest BCUT2D eigenvalue weighted by atomic mass is 16.5. The monoisotopic (exact) mass is 446 g/mol. The summed E-state index contributed by atoms with van der Waals surface area (Å²) in [5, 5.41) is 13.1. The first-order chi connectivity index (χ1) is 15.9. The first-order valence-electron chi connectivity index (χ1n) is 11.2. The van der Waals surface area contributed by atoms with Crippen LogP contribution in [0.25, 0.3) is 28.7 Å². The van der Waals surface area contributed by atoms with Crippen molar-refractivity contribution in [1.29, 1.82) is 0 Å². The smallest absolute Gasteiger partial charge is 0.309 e. The lowest BCUT2D eigenvalue weighted by atomic mass is 10.0. The molecule has 0 bridgehead atoms. The van der Waals surface area contributed by atoms with Crippen molar-refractivity contribution in [2.24, 2.45) is 0 Å². The van der Waals surface area contributed by atoms with E-state index in [9.17, 15) is 9.90 Å². The second kappa shape index (κ2) is 9.58. The molecule has 2 N–H and O–H groups in total. The number of carbonyl (C=O) groups is 1. The maximum atomic E-state index is 11.8. The Labute approximate surface area is 194 Å². The number of carbonyl (C=O) groups excluding carboxylic acids is 1. The largest absolute Gasteiger partial charge is 0.458 e. The molecule has 0 saturated carbocycles. The molecule has 1 fully saturated rings. The highest BCUT2D eigenvalue weighted by Gasteiger charge is 2.26. The zero-order valence-electron chi connectivity index (χ0n) is 19.4. The summed E-state index contributed by atoms with van der Waals surface area (Å²) in [6, 6.07) is 12.3. The number of aliphatic hydroxyl groups excluding tert-OH is 1. The minimum Gasteiger partial charge on any atom is -0.458 e. The molecule has 0 radical (unpaired) electrons. The van der Waals surface area contributed by atoms with Crippen LogP contribution in [0.4, 0.5) is 5.82 Å². The second-order valence-corrected chi connectivity index (χ2v) is 8.70. The number of aryl methyl sites for hydroxylation is 1. The van der Waals surface area contributed by atoms with Gasteiger partial charge in [0.1, 0.15) is 17.7 Å². The number of pyridine rings is 1. The standard InChI is InChI=1S/C26H30N4O3/c1-16(2)26-29-24(18-8-10-28-22(13-18)27-4)25(19-7-5-6-17(3)12-19)30(26)11-9-21-14-20(31)15-23(32)33-21/h5-13,16,20-21,31H,14-15H2,1-4H3,(H,27,28). The van der Waals surface area contributed by atoms with Gasteiger partial charge in [0.25, 0.3) is 0 Å². The maximum absolute atomic E-state index is 11.8. The van der Waals surface area contributed by atoms with Gasteiger partial charge in [-0.15, -0.1) is 0 Å². The summed E-state index contributed by atoms with van der Waals surface area (Å²) in [6.45, 7) is 6.27. The highest BCUT2D eigenvalue weighted by Crippen LogP contribution is 2.36.